The van der Waals surface area contributed by atoms with Gasteiger partial charge in [0.05, 0.1) is 6.61 Å². The first-order valence-electron chi connectivity index (χ1n) is 11.7. The summed E-state index contributed by atoms with van der Waals surface area (Å²) in [5, 5.41) is 19.8. The maximum atomic E-state index is 11.1. The SMILES string of the molecule is CCCCCCCCC(O)(CCCCCCCCC(=O)O)OCc1ccccc1. The van der Waals surface area contributed by atoms with E-state index < -0.39 is 11.8 Å². The van der Waals surface area contributed by atoms with Gasteiger partial charge >= 0.3 is 5.97 Å². The minimum atomic E-state index is -1.04. The van der Waals surface area contributed by atoms with Gasteiger partial charge in [0.1, 0.15) is 0 Å². The summed E-state index contributed by atoms with van der Waals surface area (Å²) in [4.78, 5) is 10.5. The number of hydrogen-bond acceptors (Lipinski definition) is 3. The lowest BCUT2D eigenvalue weighted by Crippen LogP contribution is -2.32. The summed E-state index contributed by atoms with van der Waals surface area (Å²) in [5.74, 6) is -1.75. The first-order chi connectivity index (χ1) is 14.1. The van der Waals surface area contributed by atoms with Gasteiger partial charge in [-0.15, -0.1) is 0 Å². The standard InChI is InChI=1S/C25H42O4/c1-2-3-4-5-9-15-20-25(28,29-22-23-17-12-11-13-18-23)21-16-10-7-6-8-14-19-24(26)27/h11-13,17-18,28H,2-10,14-16,19-22H2,1H3,(H,26,27). The molecular formula is C25H42O4. The number of ether oxygens (including phenoxy) is 1. The van der Waals surface area contributed by atoms with E-state index in [2.05, 4.69) is 6.92 Å². The molecule has 0 saturated heterocycles. The van der Waals surface area contributed by atoms with Crippen LogP contribution in [0, 0.1) is 0 Å². The van der Waals surface area contributed by atoms with Crippen LogP contribution in [0.25, 0.3) is 0 Å². The molecule has 1 aromatic rings. The minimum absolute atomic E-state index is 0.269. The quantitative estimate of drug-likeness (QED) is 0.195. The molecule has 2 N–H and O–H groups in total. The number of aliphatic carboxylic acids is 1. The molecule has 1 rings (SSSR count). The minimum Gasteiger partial charge on any atom is -0.481 e. The molecule has 1 atom stereocenters. The molecule has 0 aliphatic rings. The Hall–Kier alpha value is -1.39. The lowest BCUT2D eigenvalue weighted by Gasteiger charge is -2.29. The smallest absolute Gasteiger partial charge is 0.303 e. The molecule has 0 bridgehead atoms. The zero-order valence-corrected chi connectivity index (χ0v) is 18.4. The van der Waals surface area contributed by atoms with Crippen LogP contribution in [0.3, 0.4) is 0 Å². The molecule has 1 aromatic carbocycles. The Bertz CT molecular complexity index is 517. The highest BCUT2D eigenvalue weighted by Crippen LogP contribution is 2.26. The molecule has 29 heavy (non-hydrogen) atoms. The Kier molecular flexibility index (Phi) is 14.5. The third kappa shape index (κ3) is 14.3. The summed E-state index contributed by atoms with van der Waals surface area (Å²) < 4.78 is 6.01. The van der Waals surface area contributed by atoms with E-state index in [4.69, 9.17) is 9.84 Å². The highest BCUT2D eigenvalue weighted by Gasteiger charge is 2.26. The molecule has 0 aliphatic heterocycles. The number of unbranched alkanes of at least 4 members (excludes halogenated alkanes) is 10. The van der Waals surface area contributed by atoms with Crippen molar-refractivity contribution in [2.24, 2.45) is 0 Å². The van der Waals surface area contributed by atoms with Crippen LogP contribution in [0.1, 0.15) is 109 Å². The Balaban J connectivity index is 2.31. The zero-order chi connectivity index (χ0) is 21.2. The molecule has 166 valence electrons. The fraction of sp³-hybridized carbons (Fsp3) is 0.720. The van der Waals surface area contributed by atoms with E-state index in [1.165, 1.54) is 25.7 Å². The average molecular weight is 407 g/mol. The third-order valence-electron chi connectivity index (χ3n) is 5.48. The van der Waals surface area contributed by atoms with E-state index in [-0.39, 0.29) is 6.42 Å². The molecule has 0 radical (unpaired) electrons. The van der Waals surface area contributed by atoms with Crippen molar-refractivity contribution in [2.45, 2.75) is 116 Å². The van der Waals surface area contributed by atoms with Crippen molar-refractivity contribution in [3.63, 3.8) is 0 Å². The Morgan fingerprint density at radius 3 is 1.90 bits per heavy atom. The lowest BCUT2D eigenvalue weighted by atomic mass is 9.98. The monoisotopic (exact) mass is 406 g/mol. The van der Waals surface area contributed by atoms with E-state index in [1.807, 2.05) is 30.3 Å². The maximum Gasteiger partial charge on any atom is 0.303 e. The Labute approximate surface area is 177 Å². The van der Waals surface area contributed by atoms with Crippen molar-refractivity contribution in [1.82, 2.24) is 0 Å². The zero-order valence-electron chi connectivity index (χ0n) is 18.4. The number of rotatable bonds is 19. The summed E-state index contributed by atoms with van der Waals surface area (Å²) in [6, 6.07) is 10.0. The second kappa shape index (κ2) is 16.4. The first kappa shape index (κ1) is 25.6. The number of aliphatic hydroxyl groups is 1. The number of carbonyl (C=O) groups is 1. The van der Waals surface area contributed by atoms with E-state index in [0.29, 0.717) is 19.4 Å². The van der Waals surface area contributed by atoms with Crippen molar-refractivity contribution < 1.29 is 19.7 Å². The van der Waals surface area contributed by atoms with Crippen LogP contribution < -0.4 is 0 Å². The lowest BCUT2D eigenvalue weighted by molar-refractivity contribution is -0.220. The molecule has 0 heterocycles. The van der Waals surface area contributed by atoms with Crippen LogP contribution in [-0.2, 0) is 16.1 Å². The van der Waals surface area contributed by atoms with Gasteiger partial charge in [-0.3, -0.25) is 4.79 Å². The number of hydrogen-bond donors (Lipinski definition) is 2. The second-order valence-electron chi connectivity index (χ2n) is 8.25. The van der Waals surface area contributed by atoms with Crippen LogP contribution >= 0.6 is 0 Å². The van der Waals surface area contributed by atoms with Gasteiger partial charge in [0.2, 0.25) is 0 Å². The van der Waals surface area contributed by atoms with Gasteiger partial charge in [-0.05, 0) is 24.8 Å². The molecule has 4 nitrogen and oxygen atoms in total. The fourth-order valence-electron chi connectivity index (χ4n) is 3.63. The van der Waals surface area contributed by atoms with Crippen LogP contribution in [0.15, 0.2) is 30.3 Å². The summed E-state index contributed by atoms with van der Waals surface area (Å²) >= 11 is 0. The number of carboxylic acid groups (broad SMARTS) is 1. The van der Waals surface area contributed by atoms with Crippen molar-refractivity contribution in [1.29, 1.82) is 0 Å². The molecule has 0 aromatic heterocycles. The largest absolute Gasteiger partial charge is 0.481 e. The van der Waals surface area contributed by atoms with E-state index in [0.717, 1.165) is 56.9 Å². The number of carboxylic acids is 1. The Morgan fingerprint density at radius 2 is 1.34 bits per heavy atom. The van der Waals surface area contributed by atoms with Gasteiger partial charge in [0.15, 0.2) is 5.79 Å². The maximum absolute atomic E-state index is 11.1. The van der Waals surface area contributed by atoms with Crippen LogP contribution in [-0.4, -0.2) is 22.0 Å². The van der Waals surface area contributed by atoms with Gasteiger partial charge in [0.25, 0.3) is 0 Å². The summed E-state index contributed by atoms with van der Waals surface area (Å²) in [5.41, 5.74) is 1.09. The molecule has 0 amide bonds. The predicted molar refractivity (Wildman–Crippen MR) is 119 cm³/mol. The molecule has 0 saturated carbocycles. The predicted octanol–water partition coefficient (Wildman–Crippen LogP) is 6.85. The highest BCUT2D eigenvalue weighted by atomic mass is 16.6. The molecule has 1 unspecified atom stereocenters. The van der Waals surface area contributed by atoms with Gasteiger partial charge in [-0.2, -0.15) is 0 Å². The fourth-order valence-corrected chi connectivity index (χ4v) is 3.63. The third-order valence-corrected chi connectivity index (χ3v) is 5.48. The number of benzene rings is 1. The molecule has 0 aliphatic carbocycles. The first-order valence-corrected chi connectivity index (χ1v) is 11.7. The van der Waals surface area contributed by atoms with E-state index in [9.17, 15) is 9.90 Å². The Morgan fingerprint density at radius 1 is 0.828 bits per heavy atom. The molecule has 4 heteroatoms. The second-order valence-corrected chi connectivity index (χ2v) is 8.25. The van der Waals surface area contributed by atoms with Gasteiger partial charge in [-0.1, -0.05) is 95.0 Å². The van der Waals surface area contributed by atoms with Crippen LogP contribution in [0.2, 0.25) is 0 Å². The summed E-state index contributed by atoms with van der Waals surface area (Å²) in [7, 11) is 0. The van der Waals surface area contributed by atoms with E-state index >= 15 is 0 Å². The van der Waals surface area contributed by atoms with Crippen molar-refractivity contribution in [3.05, 3.63) is 35.9 Å². The molecular weight excluding hydrogens is 364 g/mol. The average Bonchev–Trinajstić information content (AvgIpc) is 2.72. The summed E-state index contributed by atoms with van der Waals surface area (Å²) in [6.07, 6.45) is 14.7. The topological polar surface area (TPSA) is 66.8 Å². The van der Waals surface area contributed by atoms with Crippen molar-refractivity contribution in [3.8, 4) is 0 Å². The van der Waals surface area contributed by atoms with Crippen molar-refractivity contribution in [2.75, 3.05) is 0 Å². The van der Waals surface area contributed by atoms with E-state index in [1.54, 1.807) is 0 Å². The van der Waals surface area contributed by atoms with Crippen LogP contribution in [0.5, 0.6) is 0 Å². The molecule has 0 spiro atoms. The normalized spacial score (nSPS) is 13.3. The van der Waals surface area contributed by atoms with Gasteiger partial charge < -0.3 is 14.9 Å². The van der Waals surface area contributed by atoms with Gasteiger partial charge in [-0.25, -0.2) is 0 Å². The van der Waals surface area contributed by atoms with Crippen LogP contribution in [0.4, 0.5) is 0 Å². The van der Waals surface area contributed by atoms with Crippen molar-refractivity contribution >= 4 is 5.97 Å². The highest BCUT2D eigenvalue weighted by molar-refractivity contribution is 5.66. The van der Waals surface area contributed by atoms with Gasteiger partial charge in [0, 0.05) is 19.3 Å². The molecule has 0 fully saturated rings. The summed E-state index contributed by atoms with van der Waals surface area (Å²) in [6.45, 7) is 2.67.